The number of aromatic hydroxyl groups is 1. The first kappa shape index (κ1) is 14.8. The van der Waals surface area contributed by atoms with Crippen molar-refractivity contribution in [1.82, 2.24) is 0 Å². The molecule has 0 aromatic heterocycles. The van der Waals surface area contributed by atoms with Crippen molar-refractivity contribution < 1.29 is 19.4 Å². The van der Waals surface area contributed by atoms with Gasteiger partial charge in [0.05, 0.1) is 5.56 Å². The molecule has 0 amide bonds. The van der Waals surface area contributed by atoms with Crippen LogP contribution in [0, 0.1) is 5.82 Å². The molecule has 21 heavy (non-hydrogen) atoms. The lowest BCUT2D eigenvalue weighted by atomic mass is 10.1. The highest BCUT2D eigenvalue weighted by atomic mass is 19.1. The van der Waals surface area contributed by atoms with E-state index in [2.05, 4.69) is 0 Å². The van der Waals surface area contributed by atoms with E-state index in [-0.39, 0.29) is 17.9 Å². The largest absolute Gasteiger partial charge is 0.508 e. The van der Waals surface area contributed by atoms with Crippen molar-refractivity contribution in [2.45, 2.75) is 13.5 Å². The molecular weight excluding hydrogens is 273 g/mol. The van der Waals surface area contributed by atoms with Crippen molar-refractivity contribution in [3.8, 4) is 5.75 Å². The molecule has 0 atom stereocenters. The predicted molar refractivity (Wildman–Crippen MR) is 78.2 cm³/mol. The number of carboxylic acid groups (broad SMARTS) is 1. The highest BCUT2D eigenvalue weighted by Crippen LogP contribution is 2.23. The first-order chi connectivity index (χ1) is 10.0. The molecule has 0 unspecified atom stereocenters. The number of rotatable bonds is 5. The van der Waals surface area contributed by atoms with Crippen LogP contribution < -0.4 is 4.90 Å². The average molecular weight is 289 g/mol. The van der Waals surface area contributed by atoms with Crippen LogP contribution in [0.2, 0.25) is 0 Å². The van der Waals surface area contributed by atoms with Gasteiger partial charge in [0, 0.05) is 30.4 Å². The zero-order valence-electron chi connectivity index (χ0n) is 11.6. The molecule has 2 rings (SSSR count). The molecule has 0 heterocycles. The highest BCUT2D eigenvalue weighted by molar-refractivity contribution is 5.87. The summed E-state index contributed by atoms with van der Waals surface area (Å²) in [5.74, 6) is -1.40. The molecule has 0 aliphatic heterocycles. The van der Waals surface area contributed by atoms with Crippen LogP contribution in [-0.4, -0.2) is 22.7 Å². The second-order valence-electron chi connectivity index (χ2n) is 4.65. The minimum Gasteiger partial charge on any atom is -0.508 e. The number of carbonyl (C=O) groups is 1. The molecule has 0 aliphatic rings. The molecule has 2 aromatic rings. The standard InChI is InChI=1S/C16H16FNO3/c1-2-18(13-4-3-5-14(19)9-13)10-12-8-11(16(20)21)6-7-15(12)17/h3-9,19H,2,10H2,1H3,(H,20,21). The summed E-state index contributed by atoms with van der Waals surface area (Å²) in [5.41, 5.74) is 1.11. The van der Waals surface area contributed by atoms with Gasteiger partial charge in [0.1, 0.15) is 11.6 Å². The molecule has 4 nitrogen and oxygen atoms in total. The first-order valence-electron chi connectivity index (χ1n) is 6.57. The maximum absolute atomic E-state index is 13.9. The van der Waals surface area contributed by atoms with Gasteiger partial charge in [0.2, 0.25) is 0 Å². The van der Waals surface area contributed by atoms with Gasteiger partial charge in [-0.05, 0) is 37.3 Å². The summed E-state index contributed by atoms with van der Waals surface area (Å²) in [6, 6.07) is 10.4. The maximum atomic E-state index is 13.9. The van der Waals surface area contributed by atoms with E-state index in [0.717, 1.165) is 11.8 Å². The summed E-state index contributed by atoms with van der Waals surface area (Å²) in [6.07, 6.45) is 0. The fourth-order valence-corrected chi connectivity index (χ4v) is 2.11. The summed E-state index contributed by atoms with van der Waals surface area (Å²) in [5, 5.41) is 18.5. The summed E-state index contributed by atoms with van der Waals surface area (Å²) >= 11 is 0. The van der Waals surface area contributed by atoms with Crippen LogP contribution in [0.5, 0.6) is 5.75 Å². The van der Waals surface area contributed by atoms with Gasteiger partial charge in [-0.2, -0.15) is 0 Å². The average Bonchev–Trinajstić information content (AvgIpc) is 2.46. The molecule has 0 saturated heterocycles. The Hall–Kier alpha value is -2.56. The molecule has 110 valence electrons. The quantitative estimate of drug-likeness (QED) is 0.887. The predicted octanol–water partition coefficient (Wildman–Crippen LogP) is 3.26. The SMILES string of the molecule is CCN(Cc1cc(C(=O)O)ccc1F)c1cccc(O)c1. The molecular formula is C16H16FNO3. The van der Waals surface area contributed by atoms with E-state index >= 15 is 0 Å². The topological polar surface area (TPSA) is 60.8 Å². The molecule has 0 aliphatic carbocycles. The van der Waals surface area contributed by atoms with E-state index in [9.17, 15) is 14.3 Å². The lowest BCUT2D eigenvalue weighted by molar-refractivity contribution is 0.0696. The van der Waals surface area contributed by atoms with Crippen LogP contribution in [0.15, 0.2) is 42.5 Å². The molecule has 0 spiro atoms. The molecule has 5 heteroatoms. The zero-order chi connectivity index (χ0) is 15.4. The van der Waals surface area contributed by atoms with Crippen LogP contribution in [0.4, 0.5) is 10.1 Å². The number of anilines is 1. The third-order valence-corrected chi connectivity index (χ3v) is 3.23. The van der Waals surface area contributed by atoms with E-state index in [1.807, 2.05) is 17.9 Å². The van der Waals surface area contributed by atoms with E-state index in [4.69, 9.17) is 5.11 Å². The van der Waals surface area contributed by atoms with Gasteiger partial charge in [-0.3, -0.25) is 0 Å². The van der Waals surface area contributed by atoms with Gasteiger partial charge in [0.15, 0.2) is 0 Å². The van der Waals surface area contributed by atoms with Crippen molar-refractivity contribution in [2.24, 2.45) is 0 Å². The maximum Gasteiger partial charge on any atom is 0.335 e. The molecule has 2 N–H and O–H groups in total. The number of hydrogen-bond donors (Lipinski definition) is 2. The number of hydrogen-bond acceptors (Lipinski definition) is 3. The Kier molecular flexibility index (Phi) is 4.42. The first-order valence-corrected chi connectivity index (χ1v) is 6.57. The number of carboxylic acids is 1. The van der Waals surface area contributed by atoms with Crippen molar-refractivity contribution in [2.75, 3.05) is 11.4 Å². The molecule has 2 aromatic carbocycles. The Balaban J connectivity index is 2.30. The Morgan fingerprint density at radius 3 is 2.62 bits per heavy atom. The van der Waals surface area contributed by atoms with E-state index < -0.39 is 11.8 Å². The fraction of sp³-hybridized carbons (Fsp3) is 0.188. The van der Waals surface area contributed by atoms with Gasteiger partial charge in [-0.25, -0.2) is 9.18 Å². The molecule has 0 bridgehead atoms. The third-order valence-electron chi connectivity index (χ3n) is 3.23. The van der Waals surface area contributed by atoms with E-state index in [1.165, 1.54) is 12.1 Å². The van der Waals surface area contributed by atoms with Crippen LogP contribution in [0.1, 0.15) is 22.8 Å². The van der Waals surface area contributed by atoms with Crippen molar-refractivity contribution in [3.63, 3.8) is 0 Å². The summed E-state index contributed by atoms with van der Waals surface area (Å²) < 4.78 is 13.9. The second kappa shape index (κ2) is 6.26. The summed E-state index contributed by atoms with van der Waals surface area (Å²) in [4.78, 5) is 12.8. The van der Waals surface area contributed by atoms with E-state index in [1.54, 1.807) is 18.2 Å². The van der Waals surface area contributed by atoms with Gasteiger partial charge in [0.25, 0.3) is 0 Å². The second-order valence-corrected chi connectivity index (χ2v) is 4.65. The Bertz CT molecular complexity index is 658. The number of phenolic OH excluding ortho intramolecular Hbond substituents is 1. The van der Waals surface area contributed by atoms with Crippen LogP contribution in [-0.2, 0) is 6.54 Å². The summed E-state index contributed by atoms with van der Waals surface area (Å²) in [6.45, 7) is 2.73. The number of halogens is 1. The van der Waals surface area contributed by atoms with Gasteiger partial charge in [-0.15, -0.1) is 0 Å². The third kappa shape index (κ3) is 3.51. The molecule has 0 saturated carbocycles. The van der Waals surface area contributed by atoms with Crippen LogP contribution in [0.3, 0.4) is 0 Å². The normalized spacial score (nSPS) is 10.4. The number of aromatic carboxylic acids is 1. The Labute approximate surface area is 122 Å². The van der Waals surface area contributed by atoms with Crippen LogP contribution in [0.25, 0.3) is 0 Å². The number of phenols is 1. The fourth-order valence-electron chi connectivity index (χ4n) is 2.11. The van der Waals surface area contributed by atoms with Crippen LogP contribution >= 0.6 is 0 Å². The molecule has 0 radical (unpaired) electrons. The van der Waals surface area contributed by atoms with Crippen molar-refractivity contribution >= 4 is 11.7 Å². The lowest BCUT2D eigenvalue weighted by Crippen LogP contribution is -2.22. The lowest BCUT2D eigenvalue weighted by Gasteiger charge is -2.23. The highest BCUT2D eigenvalue weighted by Gasteiger charge is 2.12. The number of benzene rings is 2. The smallest absolute Gasteiger partial charge is 0.335 e. The molecule has 0 fully saturated rings. The van der Waals surface area contributed by atoms with Crippen molar-refractivity contribution in [3.05, 3.63) is 59.4 Å². The Morgan fingerprint density at radius 1 is 1.24 bits per heavy atom. The van der Waals surface area contributed by atoms with Gasteiger partial charge in [-0.1, -0.05) is 6.07 Å². The Morgan fingerprint density at radius 2 is 2.00 bits per heavy atom. The zero-order valence-corrected chi connectivity index (χ0v) is 11.6. The van der Waals surface area contributed by atoms with E-state index in [0.29, 0.717) is 12.1 Å². The minimum atomic E-state index is -1.09. The number of nitrogens with zero attached hydrogens (tertiary/aromatic N) is 1. The van der Waals surface area contributed by atoms with Gasteiger partial charge >= 0.3 is 5.97 Å². The minimum absolute atomic E-state index is 0.0540. The van der Waals surface area contributed by atoms with Crippen molar-refractivity contribution in [1.29, 1.82) is 0 Å². The monoisotopic (exact) mass is 289 g/mol. The summed E-state index contributed by atoms with van der Waals surface area (Å²) in [7, 11) is 0. The van der Waals surface area contributed by atoms with Gasteiger partial charge < -0.3 is 15.1 Å².